The number of morpholine rings is 1. The Morgan fingerprint density at radius 1 is 0.969 bits per heavy atom. The molecule has 0 N–H and O–H groups in total. The molecule has 168 valence electrons. The van der Waals surface area contributed by atoms with Crippen LogP contribution in [0, 0.1) is 0 Å². The molecule has 2 fully saturated rings. The second-order valence-electron chi connectivity index (χ2n) is 7.68. The zero-order chi connectivity index (χ0) is 22.1. The quantitative estimate of drug-likeness (QED) is 0.569. The van der Waals surface area contributed by atoms with Crippen molar-refractivity contribution in [2.45, 2.75) is 4.90 Å². The van der Waals surface area contributed by atoms with E-state index >= 15 is 0 Å². The molecule has 5 rings (SSSR count). The van der Waals surface area contributed by atoms with Gasteiger partial charge in [-0.25, -0.2) is 18.4 Å². The highest BCUT2D eigenvalue weighted by molar-refractivity contribution is 7.89. The van der Waals surface area contributed by atoms with Crippen LogP contribution in [0.25, 0.3) is 10.2 Å². The van der Waals surface area contributed by atoms with Gasteiger partial charge in [-0.05, 0) is 30.3 Å². The number of aromatic nitrogens is 2. The van der Waals surface area contributed by atoms with E-state index in [0.29, 0.717) is 63.9 Å². The molecule has 3 aromatic rings. The summed E-state index contributed by atoms with van der Waals surface area (Å²) in [7, 11) is -3.56. The van der Waals surface area contributed by atoms with Crippen LogP contribution in [-0.4, -0.2) is 86.0 Å². The molecule has 0 bridgehead atoms. The van der Waals surface area contributed by atoms with E-state index in [-0.39, 0.29) is 10.8 Å². The van der Waals surface area contributed by atoms with Crippen molar-refractivity contribution in [2.24, 2.45) is 0 Å². The number of carbonyl (C=O) groups excluding carboxylic acids is 1. The number of piperazine rings is 1. The number of nitrogens with zero attached hydrogens (tertiary/aromatic N) is 5. The lowest BCUT2D eigenvalue weighted by molar-refractivity contribution is 0.0730. The van der Waals surface area contributed by atoms with Gasteiger partial charge in [-0.1, -0.05) is 0 Å². The van der Waals surface area contributed by atoms with Gasteiger partial charge in [0, 0.05) is 51.0 Å². The SMILES string of the molecule is O=C(c1ccc2ncsc2c1)N1CCN(c2ccc(S(=O)(=O)N3CCOCC3)cn2)CC1. The van der Waals surface area contributed by atoms with Gasteiger partial charge in [0.05, 0.1) is 28.9 Å². The van der Waals surface area contributed by atoms with Crippen molar-refractivity contribution in [3.8, 4) is 0 Å². The standard InChI is InChI=1S/C21H23N5O4S2/c27-21(16-1-3-18-19(13-16)31-15-23-18)25-7-5-24(6-8-25)20-4-2-17(14-22-20)32(28,29)26-9-11-30-12-10-26/h1-4,13-15H,5-12H2. The van der Waals surface area contributed by atoms with Crippen LogP contribution in [0.1, 0.15) is 10.4 Å². The fourth-order valence-corrected chi connectivity index (χ4v) is 6.03. The molecular weight excluding hydrogens is 450 g/mol. The molecule has 32 heavy (non-hydrogen) atoms. The minimum atomic E-state index is -3.56. The van der Waals surface area contributed by atoms with Crippen molar-refractivity contribution in [1.82, 2.24) is 19.2 Å². The van der Waals surface area contributed by atoms with E-state index in [1.54, 1.807) is 17.6 Å². The summed E-state index contributed by atoms with van der Waals surface area (Å²) in [5.41, 5.74) is 3.36. The molecule has 2 aliphatic rings. The minimum absolute atomic E-state index is 0.0138. The largest absolute Gasteiger partial charge is 0.379 e. The highest BCUT2D eigenvalue weighted by Crippen LogP contribution is 2.22. The Hall–Kier alpha value is -2.60. The second kappa shape index (κ2) is 8.74. The normalized spacial score (nSPS) is 18.2. The number of pyridine rings is 1. The first-order chi connectivity index (χ1) is 15.5. The molecule has 2 aliphatic heterocycles. The number of sulfonamides is 1. The van der Waals surface area contributed by atoms with Crippen LogP contribution in [0.15, 0.2) is 46.9 Å². The zero-order valence-corrected chi connectivity index (χ0v) is 19.0. The van der Waals surface area contributed by atoms with Crippen LogP contribution in [0.2, 0.25) is 0 Å². The number of fused-ring (bicyclic) bond motifs is 1. The molecule has 1 aromatic carbocycles. The summed E-state index contributed by atoms with van der Waals surface area (Å²) in [4.78, 5) is 25.7. The number of carbonyl (C=O) groups is 1. The Morgan fingerprint density at radius 2 is 1.75 bits per heavy atom. The predicted molar refractivity (Wildman–Crippen MR) is 122 cm³/mol. The molecule has 9 nitrogen and oxygen atoms in total. The van der Waals surface area contributed by atoms with Crippen molar-refractivity contribution < 1.29 is 17.9 Å². The van der Waals surface area contributed by atoms with Gasteiger partial charge in [0.1, 0.15) is 10.7 Å². The van der Waals surface area contributed by atoms with Gasteiger partial charge in [0.25, 0.3) is 5.91 Å². The van der Waals surface area contributed by atoms with Gasteiger partial charge < -0.3 is 14.5 Å². The van der Waals surface area contributed by atoms with Gasteiger partial charge in [-0.3, -0.25) is 4.79 Å². The topological polar surface area (TPSA) is 95.9 Å². The van der Waals surface area contributed by atoms with Crippen molar-refractivity contribution in [3.63, 3.8) is 0 Å². The molecule has 0 aliphatic carbocycles. The molecule has 0 saturated carbocycles. The van der Waals surface area contributed by atoms with E-state index in [1.807, 2.05) is 23.1 Å². The molecular formula is C21H23N5O4S2. The van der Waals surface area contributed by atoms with E-state index in [0.717, 1.165) is 10.2 Å². The van der Waals surface area contributed by atoms with Crippen LogP contribution in [0.4, 0.5) is 5.82 Å². The number of thiazole rings is 1. The number of anilines is 1. The fraction of sp³-hybridized carbons (Fsp3) is 0.381. The van der Waals surface area contributed by atoms with Crippen LogP contribution >= 0.6 is 11.3 Å². The summed E-state index contributed by atoms with van der Waals surface area (Å²) in [6, 6.07) is 8.95. The average molecular weight is 474 g/mol. The van der Waals surface area contributed by atoms with Crippen molar-refractivity contribution in [1.29, 1.82) is 0 Å². The minimum Gasteiger partial charge on any atom is -0.379 e. The summed E-state index contributed by atoms with van der Waals surface area (Å²) in [5, 5.41) is 0. The molecule has 0 atom stereocenters. The first kappa shape index (κ1) is 21.3. The number of benzene rings is 1. The van der Waals surface area contributed by atoms with Gasteiger partial charge in [-0.15, -0.1) is 11.3 Å². The molecule has 11 heteroatoms. The maximum atomic E-state index is 12.9. The summed E-state index contributed by atoms with van der Waals surface area (Å²) in [6.45, 7) is 3.96. The smallest absolute Gasteiger partial charge is 0.254 e. The third-order valence-corrected chi connectivity index (χ3v) is 8.47. The van der Waals surface area contributed by atoms with E-state index < -0.39 is 10.0 Å². The number of amides is 1. The molecule has 1 amide bonds. The molecule has 0 spiro atoms. The highest BCUT2D eigenvalue weighted by atomic mass is 32.2. The van der Waals surface area contributed by atoms with Gasteiger partial charge in [0.2, 0.25) is 10.0 Å². The third kappa shape index (κ3) is 4.08. The summed E-state index contributed by atoms with van der Waals surface area (Å²) >= 11 is 1.52. The Labute approximate surface area is 190 Å². The summed E-state index contributed by atoms with van der Waals surface area (Å²) < 4.78 is 33.2. The number of hydrogen-bond donors (Lipinski definition) is 0. The van der Waals surface area contributed by atoms with E-state index in [1.165, 1.54) is 21.8 Å². The maximum Gasteiger partial charge on any atom is 0.254 e. The van der Waals surface area contributed by atoms with Crippen LogP contribution in [0.3, 0.4) is 0 Å². The van der Waals surface area contributed by atoms with Gasteiger partial charge in [-0.2, -0.15) is 4.31 Å². The average Bonchev–Trinajstić information content (AvgIpc) is 3.32. The number of hydrogen-bond acceptors (Lipinski definition) is 8. The van der Waals surface area contributed by atoms with Crippen molar-refractivity contribution >= 4 is 43.3 Å². The molecule has 4 heterocycles. The second-order valence-corrected chi connectivity index (χ2v) is 10.5. The third-order valence-electron chi connectivity index (χ3n) is 5.80. The lowest BCUT2D eigenvalue weighted by Crippen LogP contribution is -2.49. The Morgan fingerprint density at radius 3 is 2.47 bits per heavy atom. The highest BCUT2D eigenvalue weighted by Gasteiger charge is 2.27. The zero-order valence-electron chi connectivity index (χ0n) is 17.4. The maximum absolute atomic E-state index is 12.9. The monoisotopic (exact) mass is 473 g/mol. The molecule has 2 aromatic heterocycles. The first-order valence-electron chi connectivity index (χ1n) is 10.4. The number of ether oxygens (including phenoxy) is 1. The predicted octanol–water partition coefficient (Wildman–Crippen LogP) is 1.67. The Bertz CT molecular complexity index is 1210. The Balaban J connectivity index is 1.22. The van der Waals surface area contributed by atoms with Crippen molar-refractivity contribution in [3.05, 3.63) is 47.6 Å². The van der Waals surface area contributed by atoms with Crippen LogP contribution < -0.4 is 4.90 Å². The van der Waals surface area contributed by atoms with Crippen LogP contribution in [-0.2, 0) is 14.8 Å². The summed E-state index contributed by atoms with van der Waals surface area (Å²) in [6.07, 6.45) is 1.42. The molecule has 0 radical (unpaired) electrons. The van der Waals surface area contributed by atoms with Crippen LogP contribution in [0.5, 0.6) is 0 Å². The Kier molecular flexibility index (Phi) is 5.80. The van der Waals surface area contributed by atoms with Gasteiger partial charge >= 0.3 is 0 Å². The number of rotatable bonds is 4. The molecule has 2 saturated heterocycles. The summed E-state index contributed by atoms with van der Waals surface area (Å²) in [5.74, 6) is 0.726. The van der Waals surface area contributed by atoms with E-state index in [9.17, 15) is 13.2 Å². The molecule has 0 unspecified atom stereocenters. The lowest BCUT2D eigenvalue weighted by atomic mass is 10.1. The first-order valence-corrected chi connectivity index (χ1v) is 12.8. The fourth-order valence-electron chi connectivity index (χ4n) is 3.96. The van der Waals surface area contributed by atoms with E-state index in [4.69, 9.17) is 4.74 Å². The van der Waals surface area contributed by atoms with Crippen molar-refractivity contribution in [2.75, 3.05) is 57.4 Å². The lowest BCUT2D eigenvalue weighted by Gasteiger charge is -2.35. The van der Waals surface area contributed by atoms with Gasteiger partial charge in [0.15, 0.2) is 0 Å². The van der Waals surface area contributed by atoms with E-state index in [2.05, 4.69) is 14.9 Å².